The van der Waals surface area contributed by atoms with Gasteiger partial charge in [-0.2, -0.15) is 0 Å². The van der Waals surface area contributed by atoms with Gasteiger partial charge >= 0.3 is 0 Å². The minimum atomic E-state index is 0.268. The molecule has 2 atom stereocenters. The molecule has 1 N–H and O–H groups in total. The third kappa shape index (κ3) is 6.64. The maximum Gasteiger partial charge on any atom is 0.122 e. The standard InChI is InChI=1S/C24H46N4O/c1-26(22-12-16-27(17-13-22)20-21-9-3-2-4-10-21)14-7-8-18-29-24-19-23-11-5-6-15-28(23)25-24/h21-25H,2-20H2,1H3. The van der Waals surface area contributed by atoms with Gasteiger partial charge in [0.1, 0.15) is 6.23 Å². The Balaban J connectivity index is 1.03. The Hall–Kier alpha value is -0.200. The molecule has 2 unspecified atom stereocenters. The smallest absolute Gasteiger partial charge is 0.122 e. The Morgan fingerprint density at radius 2 is 1.69 bits per heavy atom. The monoisotopic (exact) mass is 406 g/mol. The van der Waals surface area contributed by atoms with Crippen molar-refractivity contribution in [3.05, 3.63) is 0 Å². The summed E-state index contributed by atoms with van der Waals surface area (Å²) in [5, 5.41) is 2.43. The van der Waals surface area contributed by atoms with E-state index in [0.717, 1.165) is 24.6 Å². The molecule has 5 heteroatoms. The van der Waals surface area contributed by atoms with Gasteiger partial charge in [-0.25, -0.2) is 10.4 Å². The molecule has 3 aliphatic heterocycles. The van der Waals surface area contributed by atoms with Crippen molar-refractivity contribution in [3.63, 3.8) is 0 Å². The van der Waals surface area contributed by atoms with Crippen molar-refractivity contribution in [2.45, 2.75) is 102 Å². The van der Waals surface area contributed by atoms with E-state index >= 15 is 0 Å². The highest BCUT2D eigenvalue weighted by Crippen LogP contribution is 2.27. The number of nitrogens with zero attached hydrogens (tertiary/aromatic N) is 3. The lowest BCUT2D eigenvalue weighted by Crippen LogP contribution is -2.45. The number of ether oxygens (including phenoxy) is 1. The summed E-state index contributed by atoms with van der Waals surface area (Å²) in [5.74, 6) is 0.994. The van der Waals surface area contributed by atoms with Crippen LogP contribution in [0.1, 0.15) is 83.5 Å². The molecule has 1 saturated carbocycles. The van der Waals surface area contributed by atoms with E-state index in [1.165, 1.54) is 116 Å². The summed E-state index contributed by atoms with van der Waals surface area (Å²) < 4.78 is 6.13. The van der Waals surface area contributed by atoms with Crippen molar-refractivity contribution in [2.75, 3.05) is 46.4 Å². The number of nitrogens with one attached hydrogen (secondary N) is 1. The van der Waals surface area contributed by atoms with Gasteiger partial charge in [0.25, 0.3) is 0 Å². The SMILES string of the molecule is CN(CCCCOC1CC2CCCCN2N1)C1CCN(CC2CCCCC2)CC1. The Morgan fingerprint density at radius 3 is 2.48 bits per heavy atom. The van der Waals surface area contributed by atoms with Gasteiger partial charge in [-0.15, -0.1) is 0 Å². The van der Waals surface area contributed by atoms with Crippen LogP contribution in [0.25, 0.3) is 0 Å². The second-order valence-corrected chi connectivity index (χ2v) is 10.3. The molecule has 4 aliphatic rings. The molecular formula is C24H46N4O. The summed E-state index contributed by atoms with van der Waals surface area (Å²) in [5.41, 5.74) is 3.57. The van der Waals surface area contributed by atoms with E-state index in [-0.39, 0.29) is 6.23 Å². The van der Waals surface area contributed by atoms with E-state index in [1.54, 1.807) is 0 Å². The Labute approximate surface area is 179 Å². The molecule has 0 bridgehead atoms. The zero-order valence-electron chi connectivity index (χ0n) is 19.0. The molecule has 0 spiro atoms. The topological polar surface area (TPSA) is 31.0 Å². The molecule has 0 aromatic heterocycles. The fraction of sp³-hybridized carbons (Fsp3) is 1.00. The van der Waals surface area contributed by atoms with E-state index in [2.05, 4.69) is 27.3 Å². The van der Waals surface area contributed by atoms with Gasteiger partial charge in [-0.05, 0) is 84.0 Å². The summed E-state index contributed by atoms with van der Waals surface area (Å²) in [7, 11) is 2.35. The molecule has 4 rings (SSSR count). The van der Waals surface area contributed by atoms with Crippen molar-refractivity contribution >= 4 is 0 Å². The summed E-state index contributed by atoms with van der Waals surface area (Å²) >= 11 is 0. The van der Waals surface area contributed by atoms with Crippen LogP contribution < -0.4 is 5.43 Å². The molecule has 4 fully saturated rings. The molecule has 29 heavy (non-hydrogen) atoms. The molecule has 3 heterocycles. The Morgan fingerprint density at radius 1 is 0.897 bits per heavy atom. The third-order valence-corrected chi connectivity index (χ3v) is 8.07. The van der Waals surface area contributed by atoms with E-state index in [4.69, 9.17) is 4.74 Å². The number of likely N-dealkylation sites (tertiary alicyclic amines) is 1. The fourth-order valence-electron chi connectivity index (χ4n) is 6.15. The lowest BCUT2D eigenvalue weighted by Gasteiger charge is -2.38. The fourth-order valence-corrected chi connectivity index (χ4v) is 6.15. The highest BCUT2D eigenvalue weighted by molar-refractivity contribution is 4.83. The summed E-state index contributed by atoms with van der Waals surface area (Å²) in [6.07, 6.45) is 18.1. The molecule has 5 nitrogen and oxygen atoms in total. The largest absolute Gasteiger partial charge is 0.362 e. The van der Waals surface area contributed by atoms with Crippen LogP contribution in [-0.4, -0.2) is 79.5 Å². The van der Waals surface area contributed by atoms with E-state index < -0.39 is 0 Å². The predicted octanol–water partition coefficient (Wildman–Crippen LogP) is 3.85. The van der Waals surface area contributed by atoms with Crippen LogP contribution >= 0.6 is 0 Å². The van der Waals surface area contributed by atoms with Crippen LogP contribution in [0.3, 0.4) is 0 Å². The van der Waals surface area contributed by atoms with Crippen molar-refractivity contribution in [3.8, 4) is 0 Å². The van der Waals surface area contributed by atoms with Crippen LogP contribution in [0.2, 0.25) is 0 Å². The maximum atomic E-state index is 6.13. The van der Waals surface area contributed by atoms with Gasteiger partial charge in [0.2, 0.25) is 0 Å². The quantitative estimate of drug-likeness (QED) is 0.588. The number of hydrazine groups is 1. The van der Waals surface area contributed by atoms with Crippen molar-refractivity contribution in [1.82, 2.24) is 20.2 Å². The second-order valence-electron chi connectivity index (χ2n) is 10.3. The molecule has 0 amide bonds. The Bertz CT molecular complexity index is 448. The van der Waals surface area contributed by atoms with Crippen molar-refractivity contribution in [1.29, 1.82) is 0 Å². The number of rotatable bonds is 9. The van der Waals surface area contributed by atoms with E-state index in [0.29, 0.717) is 0 Å². The van der Waals surface area contributed by atoms with Crippen LogP contribution in [0.4, 0.5) is 0 Å². The van der Waals surface area contributed by atoms with E-state index in [9.17, 15) is 0 Å². The zero-order chi connectivity index (χ0) is 19.9. The lowest BCUT2D eigenvalue weighted by molar-refractivity contribution is 0.0120. The van der Waals surface area contributed by atoms with Crippen LogP contribution in [0.15, 0.2) is 0 Å². The molecule has 168 valence electrons. The number of fused-ring (bicyclic) bond motifs is 1. The van der Waals surface area contributed by atoms with Crippen LogP contribution in [0.5, 0.6) is 0 Å². The van der Waals surface area contributed by atoms with Crippen LogP contribution in [-0.2, 0) is 4.74 Å². The van der Waals surface area contributed by atoms with E-state index in [1.807, 2.05) is 0 Å². The maximum absolute atomic E-state index is 6.13. The molecule has 0 radical (unpaired) electrons. The average Bonchev–Trinajstić information content (AvgIpc) is 3.17. The van der Waals surface area contributed by atoms with Gasteiger partial charge in [0.15, 0.2) is 0 Å². The van der Waals surface area contributed by atoms with Crippen LogP contribution in [0, 0.1) is 5.92 Å². The first-order valence-electron chi connectivity index (χ1n) is 12.8. The highest BCUT2D eigenvalue weighted by atomic mass is 16.5. The lowest BCUT2D eigenvalue weighted by atomic mass is 9.88. The van der Waals surface area contributed by atoms with Crippen molar-refractivity contribution < 1.29 is 4.74 Å². The summed E-state index contributed by atoms with van der Waals surface area (Å²) in [6, 6.07) is 1.52. The van der Waals surface area contributed by atoms with Gasteiger partial charge in [0, 0.05) is 38.2 Å². The molecule has 3 saturated heterocycles. The third-order valence-electron chi connectivity index (χ3n) is 8.07. The number of piperidine rings is 2. The first-order valence-corrected chi connectivity index (χ1v) is 12.8. The second kappa shape index (κ2) is 11.4. The molecule has 1 aliphatic carbocycles. The van der Waals surface area contributed by atoms with Crippen molar-refractivity contribution in [2.24, 2.45) is 5.92 Å². The number of hydrogen-bond donors (Lipinski definition) is 1. The zero-order valence-corrected chi connectivity index (χ0v) is 19.0. The first-order chi connectivity index (χ1) is 14.3. The summed E-state index contributed by atoms with van der Waals surface area (Å²) in [6.45, 7) is 7.35. The molecule has 0 aromatic rings. The van der Waals surface area contributed by atoms with Gasteiger partial charge < -0.3 is 14.5 Å². The number of hydrogen-bond acceptors (Lipinski definition) is 5. The minimum absolute atomic E-state index is 0.268. The highest BCUT2D eigenvalue weighted by Gasteiger charge is 2.33. The van der Waals surface area contributed by atoms with Gasteiger partial charge in [-0.1, -0.05) is 25.7 Å². The average molecular weight is 407 g/mol. The minimum Gasteiger partial charge on any atom is -0.362 e. The van der Waals surface area contributed by atoms with Gasteiger partial charge in [-0.3, -0.25) is 0 Å². The summed E-state index contributed by atoms with van der Waals surface area (Å²) in [4.78, 5) is 5.39. The predicted molar refractivity (Wildman–Crippen MR) is 120 cm³/mol. The van der Waals surface area contributed by atoms with Gasteiger partial charge in [0.05, 0.1) is 0 Å². The Kier molecular flexibility index (Phi) is 8.67. The normalized spacial score (nSPS) is 30.8. The number of unbranched alkanes of at least 4 members (excludes halogenated alkanes) is 1. The molecule has 0 aromatic carbocycles. The first kappa shape index (κ1) is 22.0. The molecular weight excluding hydrogens is 360 g/mol.